The lowest BCUT2D eigenvalue weighted by molar-refractivity contribution is 0.265. The highest BCUT2D eigenvalue weighted by Crippen LogP contribution is 2.74. The molecule has 1 aromatic rings. The predicted octanol–water partition coefficient (Wildman–Crippen LogP) is 1.36. The molecule has 4 nitrogen and oxygen atoms in total. The minimum Gasteiger partial charge on any atom is -0.396 e. The Labute approximate surface area is 120 Å². The molecule has 1 heterocycles. The molecule has 2 unspecified atom stereocenters. The van der Waals surface area contributed by atoms with Gasteiger partial charge in [0.2, 0.25) is 0 Å². The molecule has 1 saturated carbocycles. The predicted molar refractivity (Wildman–Crippen MR) is 77.8 cm³/mol. The average Bonchev–Trinajstić information content (AvgIpc) is 2.69. The summed E-state index contributed by atoms with van der Waals surface area (Å²) in [6.45, 7) is 4.35. The summed E-state index contributed by atoms with van der Waals surface area (Å²) in [5.41, 5.74) is 2.28. The van der Waals surface area contributed by atoms with Crippen LogP contribution in [0.5, 0.6) is 0 Å². The van der Waals surface area contributed by atoms with Gasteiger partial charge in [-0.1, -0.05) is 5.21 Å². The maximum absolute atomic E-state index is 9.50. The van der Waals surface area contributed by atoms with Crippen LogP contribution in [0.4, 0.5) is 0 Å². The van der Waals surface area contributed by atoms with Gasteiger partial charge in [0, 0.05) is 17.4 Å². The van der Waals surface area contributed by atoms with Crippen molar-refractivity contribution in [2.24, 2.45) is 5.92 Å². The molecule has 1 fully saturated rings. The summed E-state index contributed by atoms with van der Waals surface area (Å²) < 4.78 is 1.77. The van der Waals surface area contributed by atoms with E-state index in [1.54, 1.807) is 0 Å². The summed E-state index contributed by atoms with van der Waals surface area (Å²) in [5.74, 6) is 0.104. The van der Waals surface area contributed by atoms with Crippen molar-refractivity contribution >= 4 is 20.5 Å². The number of thiol groups is 1. The molecule has 0 amide bonds. The highest BCUT2D eigenvalue weighted by molar-refractivity contribution is 7.82. The lowest BCUT2D eigenvalue weighted by Gasteiger charge is -2.22. The first-order valence-electron chi connectivity index (χ1n) is 6.99. The summed E-state index contributed by atoms with van der Waals surface area (Å²) in [7, 11) is 6.48. The number of rotatable bonds is 2. The summed E-state index contributed by atoms with van der Waals surface area (Å²) in [5, 5.41) is 17.7. The van der Waals surface area contributed by atoms with Gasteiger partial charge in [-0.25, -0.2) is 4.68 Å². The SMILES string of the molecule is [B]C12CCc3c(nnn3C(C)C)CCC1(S)[C@@H]2CO. The van der Waals surface area contributed by atoms with Gasteiger partial charge in [0.15, 0.2) is 0 Å². The van der Waals surface area contributed by atoms with Crippen molar-refractivity contribution < 1.29 is 5.11 Å². The van der Waals surface area contributed by atoms with Gasteiger partial charge in [0.1, 0.15) is 0 Å². The van der Waals surface area contributed by atoms with E-state index in [0.717, 1.165) is 31.4 Å². The van der Waals surface area contributed by atoms with E-state index >= 15 is 0 Å². The Kier molecular flexibility index (Phi) is 3.02. The number of hydrogen-bond donors (Lipinski definition) is 2. The minimum atomic E-state index is -0.339. The number of aryl methyl sites for hydroxylation is 1. The largest absolute Gasteiger partial charge is 0.396 e. The molecule has 1 aromatic heterocycles. The topological polar surface area (TPSA) is 50.9 Å². The van der Waals surface area contributed by atoms with Crippen LogP contribution in [0.2, 0.25) is 5.31 Å². The Morgan fingerprint density at radius 2 is 2.21 bits per heavy atom. The molecule has 6 heteroatoms. The molecule has 2 aliphatic rings. The first-order valence-corrected chi connectivity index (χ1v) is 7.44. The normalized spacial score (nSPS) is 37.4. The van der Waals surface area contributed by atoms with Crippen LogP contribution in [0.25, 0.3) is 0 Å². The maximum atomic E-state index is 9.50. The molecule has 3 rings (SSSR count). The van der Waals surface area contributed by atoms with Crippen molar-refractivity contribution in [1.29, 1.82) is 0 Å². The van der Waals surface area contributed by atoms with E-state index < -0.39 is 0 Å². The van der Waals surface area contributed by atoms with Gasteiger partial charge >= 0.3 is 0 Å². The third-order valence-corrected chi connectivity index (χ3v) is 5.93. The van der Waals surface area contributed by atoms with E-state index in [0.29, 0.717) is 6.04 Å². The maximum Gasteiger partial charge on any atom is 0.0859 e. The summed E-state index contributed by atoms with van der Waals surface area (Å²) in [6, 6.07) is 0.318. The zero-order valence-corrected chi connectivity index (χ0v) is 12.4. The Balaban J connectivity index is 1.91. The van der Waals surface area contributed by atoms with Crippen LogP contribution in [0.1, 0.15) is 44.1 Å². The van der Waals surface area contributed by atoms with E-state index in [1.807, 2.05) is 4.68 Å². The van der Waals surface area contributed by atoms with Crippen LogP contribution in [0.15, 0.2) is 0 Å². The number of hydrogen-bond acceptors (Lipinski definition) is 4. The average molecular weight is 277 g/mol. The second-order valence-corrected chi connectivity index (χ2v) is 7.02. The number of aromatic nitrogens is 3. The van der Waals surface area contributed by atoms with E-state index in [2.05, 4.69) is 24.2 Å². The standard InChI is InChI=1S/C13H20BN3OS/c1-8(2)17-10-4-5-12(14)11(7-18)13(12,19)6-3-9(10)15-16-17/h8,11,18-19H,3-7H2,1-2H3/t11-,12?,13?/m1/s1. The van der Waals surface area contributed by atoms with Crippen LogP contribution in [-0.2, 0) is 12.8 Å². The Bertz CT molecular complexity index is 506. The van der Waals surface area contributed by atoms with Gasteiger partial charge in [-0.15, -0.1) is 5.10 Å². The van der Waals surface area contributed by atoms with Gasteiger partial charge in [-0.05, 0) is 50.8 Å². The Morgan fingerprint density at radius 3 is 2.84 bits per heavy atom. The second kappa shape index (κ2) is 4.25. The van der Waals surface area contributed by atoms with Gasteiger partial charge in [0.05, 0.1) is 19.2 Å². The monoisotopic (exact) mass is 277 g/mol. The fraction of sp³-hybridized carbons (Fsp3) is 0.846. The first-order chi connectivity index (χ1) is 8.94. The van der Waals surface area contributed by atoms with Crippen molar-refractivity contribution in [2.45, 2.75) is 55.6 Å². The smallest absolute Gasteiger partial charge is 0.0859 e. The van der Waals surface area contributed by atoms with E-state index in [1.165, 1.54) is 5.69 Å². The Morgan fingerprint density at radius 1 is 1.47 bits per heavy atom. The molecule has 2 aliphatic carbocycles. The number of aliphatic hydroxyl groups excluding tert-OH is 1. The van der Waals surface area contributed by atoms with Crippen LogP contribution < -0.4 is 0 Å². The third kappa shape index (κ3) is 1.72. The summed E-state index contributed by atoms with van der Waals surface area (Å²) in [6.07, 6.45) is 3.42. The lowest BCUT2D eigenvalue weighted by atomic mass is 9.73. The van der Waals surface area contributed by atoms with E-state index in [4.69, 9.17) is 20.5 Å². The van der Waals surface area contributed by atoms with Gasteiger partial charge in [-0.2, -0.15) is 12.6 Å². The van der Waals surface area contributed by atoms with Gasteiger partial charge in [-0.3, -0.25) is 0 Å². The second-order valence-electron chi connectivity index (χ2n) is 6.22. The molecule has 0 saturated heterocycles. The molecule has 1 N–H and O–H groups in total. The molecular formula is C13H20BN3OS. The molecule has 0 spiro atoms. The van der Waals surface area contributed by atoms with Crippen LogP contribution in [0.3, 0.4) is 0 Å². The van der Waals surface area contributed by atoms with Crippen molar-refractivity contribution in [2.75, 3.05) is 6.61 Å². The Hall–Kier alpha value is -0.485. The molecule has 0 aliphatic heterocycles. The van der Waals surface area contributed by atoms with Gasteiger partial charge < -0.3 is 5.11 Å². The third-order valence-electron chi connectivity index (χ3n) is 4.98. The molecule has 19 heavy (non-hydrogen) atoms. The molecular weight excluding hydrogens is 257 g/mol. The van der Waals surface area contributed by atoms with Gasteiger partial charge in [0.25, 0.3) is 0 Å². The fourth-order valence-electron chi connectivity index (χ4n) is 3.66. The lowest BCUT2D eigenvalue weighted by Crippen LogP contribution is -2.17. The van der Waals surface area contributed by atoms with Crippen LogP contribution >= 0.6 is 12.6 Å². The van der Waals surface area contributed by atoms with E-state index in [-0.39, 0.29) is 22.6 Å². The first kappa shape index (κ1) is 13.5. The zero-order chi connectivity index (χ0) is 13.8. The summed E-state index contributed by atoms with van der Waals surface area (Å²) >= 11 is 4.77. The van der Waals surface area contributed by atoms with Crippen LogP contribution in [-0.4, -0.2) is 39.3 Å². The van der Waals surface area contributed by atoms with Crippen molar-refractivity contribution in [3.05, 3.63) is 11.4 Å². The van der Waals surface area contributed by atoms with Crippen molar-refractivity contribution in [3.63, 3.8) is 0 Å². The minimum absolute atomic E-state index is 0.104. The molecule has 102 valence electrons. The molecule has 0 aromatic carbocycles. The zero-order valence-electron chi connectivity index (χ0n) is 11.5. The molecule has 3 atom stereocenters. The highest BCUT2D eigenvalue weighted by atomic mass is 32.1. The number of aliphatic hydroxyl groups is 1. The van der Waals surface area contributed by atoms with Crippen LogP contribution in [0, 0.1) is 5.92 Å². The molecule has 2 radical (unpaired) electrons. The van der Waals surface area contributed by atoms with E-state index in [9.17, 15) is 5.11 Å². The molecule has 0 bridgehead atoms. The van der Waals surface area contributed by atoms with Crippen molar-refractivity contribution in [1.82, 2.24) is 15.0 Å². The fourth-order valence-corrected chi connectivity index (χ4v) is 4.28. The number of fused-ring (bicyclic) bond motifs is 2. The van der Waals surface area contributed by atoms with Crippen molar-refractivity contribution in [3.8, 4) is 0 Å². The number of nitrogens with zero attached hydrogens (tertiary/aromatic N) is 3. The summed E-state index contributed by atoms with van der Waals surface area (Å²) in [4.78, 5) is 0. The quantitative estimate of drug-likeness (QED) is 0.634. The highest BCUT2D eigenvalue weighted by Gasteiger charge is 2.69.